The number of hydrogen-bond donors (Lipinski definition) is 1. The molecular formula is C19H16N2O. The molecule has 3 rings (SSSR count). The van der Waals surface area contributed by atoms with Crippen molar-refractivity contribution in [2.24, 2.45) is 0 Å². The number of benzene rings is 2. The van der Waals surface area contributed by atoms with E-state index in [1.165, 1.54) is 0 Å². The van der Waals surface area contributed by atoms with Crippen molar-refractivity contribution >= 4 is 11.5 Å². The van der Waals surface area contributed by atoms with Gasteiger partial charge in [0.15, 0.2) is 5.78 Å². The monoisotopic (exact) mass is 288 g/mol. The Morgan fingerprint density at radius 1 is 0.864 bits per heavy atom. The molecule has 22 heavy (non-hydrogen) atoms. The van der Waals surface area contributed by atoms with Gasteiger partial charge in [0.1, 0.15) is 6.04 Å². The van der Waals surface area contributed by atoms with E-state index in [1.807, 2.05) is 72.8 Å². The van der Waals surface area contributed by atoms with Crippen LogP contribution in [0, 0.1) is 0 Å². The first-order valence-electron chi connectivity index (χ1n) is 7.15. The zero-order valence-electron chi connectivity index (χ0n) is 12.0. The summed E-state index contributed by atoms with van der Waals surface area (Å²) in [5, 5.41) is 3.28. The van der Waals surface area contributed by atoms with Crippen LogP contribution in [0.4, 0.5) is 5.69 Å². The van der Waals surface area contributed by atoms with Crippen molar-refractivity contribution in [2.75, 3.05) is 5.32 Å². The molecule has 3 heteroatoms. The van der Waals surface area contributed by atoms with E-state index in [0.717, 1.165) is 11.3 Å². The summed E-state index contributed by atoms with van der Waals surface area (Å²) in [7, 11) is 0. The van der Waals surface area contributed by atoms with Crippen molar-refractivity contribution in [3.8, 4) is 0 Å². The summed E-state index contributed by atoms with van der Waals surface area (Å²) >= 11 is 0. The zero-order valence-corrected chi connectivity index (χ0v) is 12.0. The number of rotatable bonds is 5. The van der Waals surface area contributed by atoms with Gasteiger partial charge in [-0.2, -0.15) is 0 Å². The number of anilines is 1. The molecule has 0 fully saturated rings. The van der Waals surface area contributed by atoms with Crippen LogP contribution in [0.2, 0.25) is 0 Å². The Labute approximate surface area is 129 Å². The lowest BCUT2D eigenvalue weighted by molar-refractivity contribution is 0.0969. The van der Waals surface area contributed by atoms with E-state index in [-0.39, 0.29) is 5.78 Å². The number of carbonyl (C=O) groups excluding carboxylic acids is 1. The molecule has 0 saturated heterocycles. The molecular weight excluding hydrogens is 272 g/mol. The van der Waals surface area contributed by atoms with E-state index in [0.29, 0.717) is 5.56 Å². The summed E-state index contributed by atoms with van der Waals surface area (Å²) in [6.45, 7) is 0. The molecule has 108 valence electrons. The third-order valence-electron chi connectivity index (χ3n) is 3.43. The molecule has 0 bridgehead atoms. The second kappa shape index (κ2) is 6.68. The maximum Gasteiger partial charge on any atom is 0.189 e. The van der Waals surface area contributed by atoms with Gasteiger partial charge < -0.3 is 5.32 Å². The highest BCUT2D eigenvalue weighted by atomic mass is 16.1. The second-order valence-electron chi connectivity index (χ2n) is 4.96. The lowest BCUT2D eigenvalue weighted by Gasteiger charge is -2.19. The quantitative estimate of drug-likeness (QED) is 0.718. The molecule has 0 aliphatic heterocycles. The van der Waals surface area contributed by atoms with Crippen LogP contribution in [0.1, 0.15) is 22.0 Å². The smallest absolute Gasteiger partial charge is 0.189 e. The predicted molar refractivity (Wildman–Crippen MR) is 87.8 cm³/mol. The number of hydrogen-bond acceptors (Lipinski definition) is 3. The number of Topliss-reactive ketones (excluding diaryl/α,β-unsaturated/α-hetero) is 1. The molecule has 0 aliphatic rings. The topological polar surface area (TPSA) is 42.0 Å². The van der Waals surface area contributed by atoms with Crippen LogP contribution in [0.3, 0.4) is 0 Å². The SMILES string of the molecule is O=C(c1ccccc1)C(Nc1cccnc1)c1ccccc1. The van der Waals surface area contributed by atoms with Crippen LogP contribution in [0.15, 0.2) is 85.2 Å². The average molecular weight is 288 g/mol. The lowest BCUT2D eigenvalue weighted by atomic mass is 9.97. The molecule has 1 atom stereocenters. The van der Waals surface area contributed by atoms with Gasteiger partial charge in [-0.3, -0.25) is 9.78 Å². The summed E-state index contributed by atoms with van der Waals surface area (Å²) in [5.41, 5.74) is 2.44. The van der Waals surface area contributed by atoms with Gasteiger partial charge in [0.2, 0.25) is 0 Å². The summed E-state index contributed by atoms with van der Waals surface area (Å²) in [4.78, 5) is 17.0. The van der Waals surface area contributed by atoms with Gasteiger partial charge in [-0.25, -0.2) is 0 Å². The van der Waals surface area contributed by atoms with Gasteiger partial charge in [0.05, 0.1) is 5.69 Å². The fourth-order valence-corrected chi connectivity index (χ4v) is 2.33. The van der Waals surface area contributed by atoms with Crippen LogP contribution in [-0.4, -0.2) is 10.8 Å². The third kappa shape index (κ3) is 3.20. The molecule has 2 aromatic carbocycles. The van der Waals surface area contributed by atoms with Gasteiger partial charge >= 0.3 is 0 Å². The number of pyridine rings is 1. The van der Waals surface area contributed by atoms with Gasteiger partial charge in [-0.1, -0.05) is 60.7 Å². The van der Waals surface area contributed by atoms with E-state index in [4.69, 9.17) is 0 Å². The zero-order chi connectivity index (χ0) is 15.2. The highest BCUT2D eigenvalue weighted by Crippen LogP contribution is 2.23. The number of carbonyl (C=O) groups is 1. The van der Waals surface area contributed by atoms with E-state index < -0.39 is 6.04 Å². The van der Waals surface area contributed by atoms with Gasteiger partial charge in [0, 0.05) is 18.0 Å². The minimum absolute atomic E-state index is 0.0376. The van der Waals surface area contributed by atoms with E-state index >= 15 is 0 Å². The van der Waals surface area contributed by atoms with Crippen LogP contribution in [0.25, 0.3) is 0 Å². The van der Waals surface area contributed by atoms with Gasteiger partial charge in [0.25, 0.3) is 0 Å². The molecule has 0 amide bonds. The Morgan fingerprint density at radius 2 is 1.55 bits per heavy atom. The molecule has 1 unspecified atom stereocenters. The molecule has 3 aromatic rings. The minimum atomic E-state index is -0.437. The summed E-state index contributed by atoms with van der Waals surface area (Å²) < 4.78 is 0. The Kier molecular flexibility index (Phi) is 4.25. The summed E-state index contributed by atoms with van der Waals surface area (Å²) in [6.07, 6.45) is 3.43. The first-order chi connectivity index (χ1) is 10.8. The largest absolute Gasteiger partial charge is 0.370 e. The van der Waals surface area contributed by atoms with Crippen molar-refractivity contribution < 1.29 is 4.79 Å². The fraction of sp³-hybridized carbons (Fsp3) is 0.0526. The standard InChI is InChI=1S/C19H16N2O/c22-19(16-10-5-2-6-11-16)18(15-8-3-1-4-9-15)21-17-12-7-13-20-14-17/h1-14,18,21H. The molecule has 0 spiro atoms. The molecule has 1 N–H and O–H groups in total. The predicted octanol–water partition coefficient (Wildman–Crippen LogP) is 4.12. The van der Waals surface area contributed by atoms with Gasteiger partial charge in [-0.05, 0) is 17.7 Å². The minimum Gasteiger partial charge on any atom is -0.370 e. The molecule has 0 radical (unpaired) electrons. The van der Waals surface area contributed by atoms with Crippen molar-refractivity contribution in [3.63, 3.8) is 0 Å². The van der Waals surface area contributed by atoms with Crippen LogP contribution in [0.5, 0.6) is 0 Å². The Bertz CT molecular complexity index is 727. The van der Waals surface area contributed by atoms with Crippen LogP contribution < -0.4 is 5.32 Å². The van der Waals surface area contributed by atoms with Crippen molar-refractivity contribution in [1.82, 2.24) is 4.98 Å². The highest BCUT2D eigenvalue weighted by molar-refractivity contribution is 6.02. The van der Waals surface area contributed by atoms with Crippen molar-refractivity contribution in [3.05, 3.63) is 96.3 Å². The molecule has 1 heterocycles. The van der Waals surface area contributed by atoms with Gasteiger partial charge in [-0.15, -0.1) is 0 Å². The number of aromatic nitrogens is 1. The number of nitrogens with one attached hydrogen (secondary N) is 1. The van der Waals surface area contributed by atoms with E-state index in [9.17, 15) is 4.79 Å². The summed E-state index contributed by atoms with van der Waals surface area (Å²) in [5.74, 6) is 0.0376. The first kappa shape index (κ1) is 14.0. The Morgan fingerprint density at radius 3 is 2.18 bits per heavy atom. The first-order valence-corrected chi connectivity index (χ1v) is 7.15. The maximum atomic E-state index is 12.9. The maximum absolute atomic E-state index is 12.9. The Hall–Kier alpha value is -2.94. The number of ketones is 1. The second-order valence-corrected chi connectivity index (χ2v) is 4.96. The highest BCUT2D eigenvalue weighted by Gasteiger charge is 2.21. The van der Waals surface area contributed by atoms with Crippen LogP contribution >= 0.6 is 0 Å². The van der Waals surface area contributed by atoms with E-state index in [1.54, 1.807) is 12.4 Å². The van der Waals surface area contributed by atoms with E-state index in [2.05, 4.69) is 10.3 Å². The van der Waals surface area contributed by atoms with Crippen molar-refractivity contribution in [2.45, 2.75) is 6.04 Å². The molecule has 0 saturated carbocycles. The third-order valence-corrected chi connectivity index (χ3v) is 3.43. The molecule has 1 aromatic heterocycles. The number of nitrogens with zero attached hydrogens (tertiary/aromatic N) is 1. The molecule has 3 nitrogen and oxygen atoms in total. The lowest BCUT2D eigenvalue weighted by Crippen LogP contribution is -2.21. The summed E-state index contributed by atoms with van der Waals surface area (Å²) in [6, 6.07) is 22.4. The van der Waals surface area contributed by atoms with Crippen LogP contribution in [-0.2, 0) is 0 Å². The van der Waals surface area contributed by atoms with Crippen molar-refractivity contribution in [1.29, 1.82) is 0 Å². The Balaban J connectivity index is 1.95. The molecule has 0 aliphatic carbocycles. The fourth-order valence-electron chi connectivity index (χ4n) is 2.33. The average Bonchev–Trinajstić information content (AvgIpc) is 2.61. The normalized spacial score (nSPS) is 11.6.